The maximum absolute atomic E-state index is 6.39. The Morgan fingerprint density at radius 1 is 0.778 bits per heavy atom. The van der Waals surface area contributed by atoms with Crippen LogP contribution in [0.15, 0.2) is 36.4 Å². The largest absolute Gasteiger partial charge is 0.0837 e. The third kappa shape index (κ3) is 2.41. The van der Waals surface area contributed by atoms with E-state index in [4.69, 9.17) is 23.2 Å². The zero-order valence-corrected chi connectivity index (χ0v) is 12.3. The number of hydrogen-bond acceptors (Lipinski definition) is 0. The highest BCUT2D eigenvalue weighted by Gasteiger charge is 2.16. The molecule has 0 radical (unpaired) electrons. The first kappa shape index (κ1) is 13.5. The van der Waals surface area contributed by atoms with E-state index in [1.165, 1.54) is 0 Å². The van der Waals surface area contributed by atoms with Crippen molar-refractivity contribution in [2.75, 3.05) is 0 Å². The highest BCUT2D eigenvalue weighted by Crippen LogP contribution is 2.35. The molecule has 0 aromatic heterocycles. The van der Waals surface area contributed by atoms with E-state index in [2.05, 4.69) is 19.1 Å². The lowest BCUT2D eigenvalue weighted by Crippen LogP contribution is -1.99. The second-order valence-corrected chi connectivity index (χ2v) is 5.43. The fraction of sp³-hybridized carbons (Fsp3) is 0.250. The Morgan fingerprint density at radius 3 is 1.56 bits per heavy atom. The molecule has 0 bridgehead atoms. The lowest BCUT2D eigenvalue weighted by molar-refractivity contribution is 0.918. The number of benzene rings is 2. The molecular weight excluding hydrogens is 263 g/mol. The van der Waals surface area contributed by atoms with Crippen molar-refractivity contribution in [1.82, 2.24) is 0 Å². The quantitative estimate of drug-likeness (QED) is 0.655. The van der Waals surface area contributed by atoms with Gasteiger partial charge in [0.2, 0.25) is 0 Å². The third-order valence-electron chi connectivity index (χ3n) is 3.38. The van der Waals surface area contributed by atoms with Gasteiger partial charge in [-0.1, -0.05) is 66.5 Å². The molecule has 18 heavy (non-hydrogen) atoms. The van der Waals surface area contributed by atoms with Crippen LogP contribution in [0.4, 0.5) is 0 Å². The molecule has 0 aliphatic heterocycles. The average molecular weight is 279 g/mol. The lowest BCUT2D eigenvalue weighted by atomic mass is 9.91. The maximum Gasteiger partial charge on any atom is 0.0473 e. The first-order valence-electron chi connectivity index (χ1n) is 6.02. The van der Waals surface area contributed by atoms with Crippen molar-refractivity contribution in [2.45, 2.75) is 26.7 Å². The Bertz CT molecular complexity index is 522. The van der Waals surface area contributed by atoms with Crippen LogP contribution in [-0.4, -0.2) is 0 Å². The molecule has 0 aliphatic rings. The summed E-state index contributed by atoms with van der Waals surface area (Å²) in [6, 6.07) is 12.3. The maximum atomic E-state index is 6.39. The molecule has 0 aliphatic carbocycles. The molecule has 0 amide bonds. The molecule has 0 spiro atoms. The second kappa shape index (κ2) is 5.34. The summed E-state index contributed by atoms with van der Waals surface area (Å²) < 4.78 is 0. The standard InChI is InChI=1S/C16H16Cl2/c1-10-6-4-8-13(15(10)17)12(3)14-9-5-7-11(2)16(14)18/h4-9,12H,1-3H3. The smallest absolute Gasteiger partial charge is 0.0473 e. The molecule has 0 heterocycles. The zero-order valence-electron chi connectivity index (χ0n) is 10.8. The first-order chi connectivity index (χ1) is 8.52. The molecule has 2 heteroatoms. The normalized spacial score (nSPS) is 11.0. The van der Waals surface area contributed by atoms with E-state index < -0.39 is 0 Å². The average Bonchev–Trinajstić information content (AvgIpc) is 2.35. The van der Waals surface area contributed by atoms with E-state index in [0.29, 0.717) is 0 Å². The Hall–Kier alpha value is -0.980. The fourth-order valence-corrected chi connectivity index (χ4v) is 2.76. The van der Waals surface area contributed by atoms with Crippen molar-refractivity contribution in [2.24, 2.45) is 0 Å². The summed E-state index contributed by atoms with van der Waals surface area (Å²) in [7, 11) is 0. The Labute approximate surface area is 119 Å². The Balaban J connectivity index is 2.51. The lowest BCUT2D eigenvalue weighted by Gasteiger charge is -2.17. The van der Waals surface area contributed by atoms with Crippen molar-refractivity contribution in [3.8, 4) is 0 Å². The van der Waals surface area contributed by atoms with Crippen LogP contribution in [0, 0.1) is 13.8 Å². The molecule has 0 fully saturated rings. The van der Waals surface area contributed by atoms with Crippen LogP contribution < -0.4 is 0 Å². The minimum Gasteiger partial charge on any atom is -0.0837 e. The van der Waals surface area contributed by atoms with Gasteiger partial charge >= 0.3 is 0 Å². The van der Waals surface area contributed by atoms with E-state index in [1.807, 2.05) is 38.1 Å². The van der Waals surface area contributed by atoms with E-state index in [1.54, 1.807) is 0 Å². The van der Waals surface area contributed by atoms with Gasteiger partial charge in [-0.15, -0.1) is 0 Å². The van der Waals surface area contributed by atoms with Crippen LogP contribution in [0.3, 0.4) is 0 Å². The highest BCUT2D eigenvalue weighted by atomic mass is 35.5. The summed E-state index contributed by atoms with van der Waals surface area (Å²) in [5.41, 5.74) is 4.46. The van der Waals surface area contributed by atoms with Gasteiger partial charge in [0.25, 0.3) is 0 Å². The van der Waals surface area contributed by atoms with Gasteiger partial charge in [-0.3, -0.25) is 0 Å². The monoisotopic (exact) mass is 278 g/mol. The van der Waals surface area contributed by atoms with Crippen LogP contribution in [0.25, 0.3) is 0 Å². The molecular formula is C16H16Cl2. The van der Waals surface area contributed by atoms with Crippen LogP contribution in [0.5, 0.6) is 0 Å². The SMILES string of the molecule is Cc1cccc(C(C)c2cccc(C)c2Cl)c1Cl. The van der Waals surface area contributed by atoms with Crippen LogP contribution in [-0.2, 0) is 0 Å². The summed E-state index contributed by atoms with van der Waals surface area (Å²) >= 11 is 12.8. The summed E-state index contributed by atoms with van der Waals surface area (Å²) in [6.45, 7) is 6.19. The predicted octanol–water partition coefficient (Wildman–Crippen LogP) is 5.76. The van der Waals surface area contributed by atoms with E-state index in [-0.39, 0.29) is 5.92 Å². The van der Waals surface area contributed by atoms with Crippen LogP contribution in [0.1, 0.15) is 35.1 Å². The van der Waals surface area contributed by atoms with Crippen LogP contribution in [0.2, 0.25) is 10.0 Å². The molecule has 0 unspecified atom stereocenters. The molecule has 0 saturated carbocycles. The van der Waals surface area contributed by atoms with Gasteiger partial charge in [0, 0.05) is 16.0 Å². The highest BCUT2D eigenvalue weighted by molar-refractivity contribution is 6.33. The van der Waals surface area contributed by atoms with Crippen molar-refractivity contribution < 1.29 is 0 Å². The molecule has 2 rings (SSSR count). The molecule has 0 saturated heterocycles. The number of rotatable bonds is 2. The van der Waals surface area contributed by atoms with Gasteiger partial charge in [0.1, 0.15) is 0 Å². The van der Waals surface area contributed by atoms with Crippen molar-refractivity contribution in [3.05, 3.63) is 68.7 Å². The summed E-state index contributed by atoms with van der Waals surface area (Å²) in [5.74, 6) is 0.199. The molecule has 0 atom stereocenters. The van der Waals surface area contributed by atoms with Crippen molar-refractivity contribution in [1.29, 1.82) is 0 Å². The molecule has 94 valence electrons. The third-order valence-corrected chi connectivity index (χ3v) is 4.41. The van der Waals surface area contributed by atoms with Gasteiger partial charge in [-0.05, 0) is 36.1 Å². The number of hydrogen-bond donors (Lipinski definition) is 0. The van der Waals surface area contributed by atoms with Gasteiger partial charge in [0.15, 0.2) is 0 Å². The van der Waals surface area contributed by atoms with Gasteiger partial charge < -0.3 is 0 Å². The molecule has 2 aromatic carbocycles. The van der Waals surface area contributed by atoms with E-state index in [9.17, 15) is 0 Å². The van der Waals surface area contributed by atoms with Gasteiger partial charge in [-0.2, -0.15) is 0 Å². The minimum atomic E-state index is 0.199. The van der Waals surface area contributed by atoms with E-state index >= 15 is 0 Å². The fourth-order valence-electron chi connectivity index (χ4n) is 2.18. The predicted molar refractivity (Wildman–Crippen MR) is 79.9 cm³/mol. The second-order valence-electron chi connectivity index (χ2n) is 4.68. The number of halogens is 2. The van der Waals surface area contributed by atoms with Gasteiger partial charge in [-0.25, -0.2) is 0 Å². The summed E-state index contributed by atoms with van der Waals surface area (Å²) in [5, 5.41) is 1.67. The first-order valence-corrected chi connectivity index (χ1v) is 6.78. The Kier molecular flexibility index (Phi) is 3.99. The minimum absolute atomic E-state index is 0.199. The molecule has 2 aromatic rings. The zero-order chi connectivity index (χ0) is 13.3. The van der Waals surface area contributed by atoms with Gasteiger partial charge in [0.05, 0.1) is 0 Å². The topological polar surface area (TPSA) is 0 Å². The molecule has 0 N–H and O–H groups in total. The molecule has 0 nitrogen and oxygen atoms in total. The van der Waals surface area contributed by atoms with E-state index in [0.717, 1.165) is 32.3 Å². The van der Waals surface area contributed by atoms with Crippen LogP contribution >= 0.6 is 23.2 Å². The Morgan fingerprint density at radius 2 is 1.17 bits per heavy atom. The number of aryl methyl sites for hydroxylation is 2. The van der Waals surface area contributed by atoms with Crippen molar-refractivity contribution >= 4 is 23.2 Å². The summed E-state index contributed by atoms with van der Waals surface area (Å²) in [6.07, 6.45) is 0. The van der Waals surface area contributed by atoms with Crippen molar-refractivity contribution in [3.63, 3.8) is 0 Å². The summed E-state index contributed by atoms with van der Waals surface area (Å²) in [4.78, 5) is 0.